The van der Waals surface area contributed by atoms with E-state index >= 15 is 0 Å². The Morgan fingerprint density at radius 2 is 2.21 bits per heavy atom. The lowest BCUT2D eigenvalue weighted by molar-refractivity contribution is -0.384. The minimum absolute atomic E-state index is 0.0206. The van der Waals surface area contributed by atoms with Crippen molar-refractivity contribution < 1.29 is 9.72 Å². The largest absolute Gasteiger partial charge is 0.351 e. The average molecular weight is 286 g/mol. The Morgan fingerprint density at radius 3 is 2.79 bits per heavy atom. The van der Waals surface area contributed by atoms with E-state index in [9.17, 15) is 14.9 Å². The van der Waals surface area contributed by atoms with Gasteiger partial charge in [0, 0.05) is 24.7 Å². The third kappa shape index (κ3) is 4.50. The van der Waals surface area contributed by atoms with E-state index in [0.29, 0.717) is 6.54 Å². The molecule has 0 atom stereocenters. The van der Waals surface area contributed by atoms with E-state index in [1.807, 2.05) is 18.9 Å². The normalized spacial score (nSPS) is 10.5. The second-order valence-corrected chi connectivity index (χ2v) is 4.48. The van der Waals surface area contributed by atoms with Crippen LogP contribution in [-0.2, 0) is 0 Å². The van der Waals surface area contributed by atoms with Crippen molar-refractivity contribution in [2.45, 2.75) is 6.92 Å². The smallest absolute Gasteiger partial charge is 0.288 e. The van der Waals surface area contributed by atoms with Crippen LogP contribution in [0.5, 0.6) is 0 Å². The van der Waals surface area contributed by atoms with Crippen molar-refractivity contribution in [1.82, 2.24) is 10.2 Å². The number of carbonyl (C=O) groups is 1. The Hall–Kier alpha value is -1.66. The summed E-state index contributed by atoms with van der Waals surface area (Å²) in [6.45, 7) is 4.12. The molecule has 0 spiro atoms. The van der Waals surface area contributed by atoms with Crippen LogP contribution in [0.1, 0.15) is 17.3 Å². The molecule has 1 rings (SSSR count). The highest BCUT2D eigenvalue weighted by Gasteiger charge is 2.15. The summed E-state index contributed by atoms with van der Waals surface area (Å²) < 4.78 is 0. The number of nitro groups is 1. The zero-order valence-corrected chi connectivity index (χ0v) is 11.6. The van der Waals surface area contributed by atoms with E-state index in [4.69, 9.17) is 11.6 Å². The molecule has 0 aliphatic rings. The highest BCUT2D eigenvalue weighted by atomic mass is 35.5. The molecule has 0 radical (unpaired) electrons. The maximum atomic E-state index is 11.8. The molecule has 0 saturated carbocycles. The summed E-state index contributed by atoms with van der Waals surface area (Å²) in [6, 6.07) is 4.00. The molecule has 0 aromatic heterocycles. The number of nitrogens with zero attached hydrogens (tertiary/aromatic N) is 2. The van der Waals surface area contributed by atoms with Crippen LogP contribution in [0.4, 0.5) is 5.69 Å². The van der Waals surface area contributed by atoms with E-state index in [2.05, 4.69) is 5.32 Å². The minimum atomic E-state index is -0.607. The van der Waals surface area contributed by atoms with Crippen LogP contribution in [0, 0.1) is 10.1 Å². The number of nitro benzene ring substituents is 1. The van der Waals surface area contributed by atoms with Gasteiger partial charge in [0.25, 0.3) is 11.6 Å². The van der Waals surface area contributed by atoms with Crippen molar-refractivity contribution in [3.05, 3.63) is 38.9 Å². The zero-order valence-electron chi connectivity index (χ0n) is 10.9. The van der Waals surface area contributed by atoms with Gasteiger partial charge >= 0.3 is 0 Å². The second kappa shape index (κ2) is 7.06. The van der Waals surface area contributed by atoms with Crippen LogP contribution in [0.15, 0.2) is 18.2 Å². The van der Waals surface area contributed by atoms with E-state index in [1.54, 1.807) is 0 Å². The maximum absolute atomic E-state index is 11.8. The van der Waals surface area contributed by atoms with Gasteiger partial charge in [-0.3, -0.25) is 14.9 Å². The number of carbonyl (C=O) groups excluding carboxylic acids is 1. The second-order valence-electron chi connectivity index (χ2n) is 4.08. The van der Waals surface area contributed by atoms with E-state index < -0.39 is 4.92 Å². The molecule has 0 aliphatic heterocycles. The molecule has 104 valence electrons. The Bertz CT molecular complexity index is 479. The topological polar surface area (TPSA) is 75.5 Å². The first-order valence-electron chi connectivity index (χ1n) is 5.86. The van der Waals surface area contributed by atoms with E-state index in [1.165, 1.54) is 18.2 Å². The average Bonchev–Trinajstić information content (AvgIpc) is 2.38. The summed E-state index contributed by atoms with van der Waals surface area (Å²) in [5.74, 6) is -0.343. The molecule has 0 saturated heterocycles. The molecule has 0 aliphatic carbocycles. The number of rotatable bonds is 6. The Kier molecular flexibility index (Phi) is 5.72. The summed E-state index contributed by atoms with van der Waals surface area (Å²) in [5.41, 5.74) is -0.0322. The van der Waals surface area contributed by atoms with Gasteiger partial charge in [-0.1, -0.05) is 18.5 Å². The fraction of sp³-hybridized carbons (Fsp3) is 0.417. The molecular formula is C12H16ClN3O3. The quantitative estimate of drug-likeness (QED) is 0.640. The van der Waals surface area contributed by atoms with Crippen LogP contribution in [0.25, 0.3) is 0 Å². The van der Waals surface area contributed by atoms with Gasteiger partial charge in [0.05, 0.1) is 4.92 Å². The fourth-order valence-corrected chi connectivity index (χ4v) is 1.60. The van der Waals surface area contributed by atoms with Crippen LogP contribution >= 0.6 is 11.6 Å². The summed E-state index contributed by atoms with van der Waals surface area (Å²) in [5, 5.41) is 13.4. The number of amides is 1. The first-order valence-corrected chi connectivity index (χ1v) is 6.24. The van der Waals surface area contributed by atoms with Crippen molar-refractivity contribution in [3.63, 3.8) is 0 Å². The lowest BCUT2D eigenvalue weighted by atomic mass is 10.2. The van der Waals surface area contributed by atoms with Crippen molar-refractivity contribution in [1.29, 1.82) is 0 Å². The molecule has 1 N–H and O–H groups in total. The van der Waals surface area contributed by atoms with Gasteiger partial charge in [0.1, 0.15) is 5.02 Å². The van der Waals surface area contributed by atoms with Crippen LogP contribution in [0.3, 0.4) is 0 Å². The first-order chi connectivity index (χ1) is 8.95. The lowest BCUT2D eigenvalue weighted by Crippen LogP contribution is -2.32. The van der Waals surface area contributed by atoms with Crippen LogP contribution in [-0.4, -0.2) is 42.4 Å². The molecule has 6 nitrogen and oxygen atoms in total. The SMILES string of the molecule is CCN(C)CCNC(=O)c1ccc(Cl)c([N+](=O)[O-])c1. The molecule has 0 heterocycles. The standard InChI is InChI=1S/C12H16ClN3O3/c1-3-15(2)7-6-14-12(17)9-4-5-10(13)11(8-9)16(18)19/h4-5,8H,3,6-7H2,1-2H3,(H,14,17). The number of hydrogen-bond donors (Lipinski definition) is 1. The number of hydrogen-bond acceptors (Lipinski definition) is 4. The van der Waals surface area contributed by atoms with E-state index in [-0.39, 0.29) is 22.2 Å². The van der Waals surface area contributed by atoms with Crippen LogP contribution < -0.4 is 5.32 Å². The number of likely N-dealkylation sites (N-methyl/N-ethyl adjacent to an activating group) is 1. The summed E-state index contributed by atoms with van der Waals surface area (Å²) >= 11 is 5.68. The third-order valence-corrected chi connectivity index (χ3v) is 3.04. The van der Waals surface area contributed by atoms with Crippen molar-refractivity contribution in [3.8, 4) is 0 Å². The van der Waals surface area contributed by atoms with Gasteiger partial charge in [-0.05, 0) is 25.7 Å². The highest BCUT2D eigenvalue weighted by Crippen LogP contribution is 2.24. The molecule has 0 bridgehead atoms. The monoisotopic (exact) mass is 285 g/mol. The third-order valence-electron chi connectivity index (χ3n) is 2.72. The molecule has 1 aromatic rings. The van der Waals surface area contributed by atoms with Crippen molar-refractivity contribution in [2.75, 3.05) is 26.7 Å². The molecule has 19 heavy (non-hydrogen) atoms. The maximum Gasteiger partial charge on any atom is 0.288 e. The molecule has 7 heteroatoms. The van der Waals surface area contributed by atoms with Gasteiger partial charge in [0.2, 0.25) is 0 Å². The first kappa shape index (κ1) is 15.4. The predicted octanol–water partition coefficient (Wildman–Crippen LogP) is 1.93. The summed E-state index contributed by atoms with van der Waals surface area (Å²) in [6.07, 6.45) is 0. The summed E-state index contributed by atoms with van der Waals surface area (Å²) in [7, 11) is 1.94. The van der Waals surface area contributed by atoms with Gasteiger partial charge in [-0.25, -0.2) is 0 Å². The highest BCUT2D eigenvalue weighted by molar-refractivity contribution is 6.32. The molecule has 0 unspecified atom stereocenters. The number of nitrogens with one attached hydrogen (secondary N) is 1. The van der Waals surface area contributed by atoms with Gasteiger partial charge in [0.15, 0.2) is 0 Å². The zero-order chi connectivity index (χ0) is 14.4. The Labute approximate surface area is 116 Å². The van der Waals surface area contributed by atoms with Crippen LogP contribution in [0.2, 0.25) is 5.02 Å². The molecule has 1 amide bonds. The van der Waals surface area contributed by atoms with Crippen molar-refractivity contribution >= 4 is 23.2 Å². The fourth-order valence-electron chi connectivity index (χ4n) is 1.41. The molecule has 0 fully saturated rings. The Balaban J connectivity index is 2.67. The molecular weight excluding hydrogens is 270 g/mol. The Morgan fingerprint density at radius 1 is 1.53 bits per heavy atom. The lowest BCUT2D eigenvalue weighted by Gasteiger charge is -2.13. The van der Waals surface area contributed by atoms with Gasteiger partial charge in [-0.15, -0.1) is 0 Å². The number of benzene rings is 1. The van der Waals surface area contributed by atoms with Gasteiger partial charge in [-0.2, -0.15) is 0 Å². The summed E-state index contributed by atoms with van der Waals surface area (Å²) in [4.78, 5) is 24.0. The van der Waals surface area contributed by atoms with E-state index in [0.717, 1.165) is 13.1 Å². The van der Waals surface area contributed by atoms with Crippen molar-refractivity contribution in [2.24, 2.45) is 0 Å². The molecule has 1 aromatic carbocycles. The number of halogens is 1. The predicted molar refractivity (Wildman–Crippen MR) is 73.6 cm³/mol. The minimum Gasteiger partial charge on any atom is -0.351 e. The van der Waals surface area contributed by atoms with Gasteiger partial charge < -0.3 is 10.2 Å².